The van der Waals surface area contributed by atoms with Crippen molar-refractivity contribution in [3.8, 4) is 5.75 Å². The number of benzene rings is 2. The number of hydrogen-bond acceptors (Lipinski definition) is 1. The third-order valence-electron chi connectivity index (χ3n) is 7.93. The van der Waals surface area contributed by atoms with Gasteiger partial charge in [-0.05, 0) is 102 Å². The lowest BCUT2D eigenvalue weighted by atomic mass is 9.55. The van der Waals surface area contributed by atoms with E-state index in [4.69, 9.17) is 4.74 Å². The molecule has 4 atom stereocenters. The predicted octanol–water partition coefficient (Wildman–Crippen LogP) is 6.79. The second-order valence-corrected chi connectivity index (χ2v) is 9.15. The monoisotopic (exact) mass is 370 g/mol. The van der Waals surface area contributed by atoms with E-state index in [0.29, 0.717) is 5.41 Å². The van der Waals surface area contributed by atoms with Crippen molar-refractivity contribution in [2.24, 2.45) is 17.3 Å². The summed E-state index contributed by atoms with van der Waals surface area (Å²) >= 11 is 0. The van der Waals surface area contributed by atoms with E-state index in [1.807, 2.05) is 0 Å². The van der Waals surface area contributed by atoms with Crippen LogP contribution >= 0.6 is 0 Å². The van der Waals surface area contributed by atoms with E-state index in [9.17, 15) is 0 Å². The Balaban J connectivity index is 1.45. The van der Waals surface area contributed by atoms with Gasteiger partial charge in [-0.25, -0.2) is 0 Å². The molecule has 5 rings (SSSR count). The fourth-order valence-corrected chi connectivity index (χ4v) is 6.46. The Morgan fingerprint density at radius 1 is 1.04 bits per heavy atom. The second-order valence-electron chi connectivity index (χ2n) is 9.15. The smallest absolute Gasteiger partial charge is 0.119 e. The topological polar surface area (TPSA) is 9.23 Å². The van der Waals surface area contributed by atoms with Gasteiger partial charge in [0.15, 0.2) is 0 Å². The zero-order chi connectivity index (χ0) is 19.1. The van der Waals surface area contributed by atoms with Crippen molar-refractivity contribution in [3.63, 3.8) is 0 Å². The zero-order valence-corrected chi connectivity index (χ0v) is 17.1. The first-order chi connectivity index (χ1) is 13.7. The van der Waals surface area contributed by atoms with Gasteiger partial charge < -0.3 is 4.74 Å². The van der Waals surface area contributed by atoms with Crippen molar-refractivity contribution < 1.29 is 4.74 Å². The Morgan fingerprint density at radius 2 is 1.89 bits per heavy atom. The van der Waals surface area contributed by atoms with Crippen LogP contribution in [0.5, 0.6) is 5.75 Å². The molecule has 0 bridgehead atoms. The number of rotatable bonds is 2. The minimum absolute atomic E-state index is 0.344. The van der Waals surface area contributed by atoms with Crippen LogP contribution in [0, 0.1) is 17.3 Å². The molecule has 2 aromatic carbocycles. The first-order valence-corrected chi connectivity index (χ1v) is 10.9. The molecule has 2 fully saturated rings. The van der Waals surface area contributed by atoms with Crippen molar-refractivity contribution in [1.29, 1.82) is 0 Å². The molecule has 2 saturated carbocycles. The van der Waals surface area contributed by atoms with Crippen LogP contribution in [0.3, 0.4) is 0 Å². The van der Waals surface area contributed by atoms with Crippen LogP contribution in [-0.2, 0) is 6.42 Å². The summed E-state index contributed by atoms with van der Waals surface area (Å²) in [5.74, 6) is 3.39. The summed E-state index contributed by atoms with van der Waals surface area (Å²) in [6, 6.07) is 17.4. The summed E-state index contributed by atoms with van der Waals surface area (Å²) in [5.41, 5.74) is 10.1. The number of allylic oxidation sites excluding steroid dienone is 1. The van der Waals surface area contributed by atoms with Gasteiger partial charge in [-0.2, -0.15) is 0 Å². The Hall–Kier alpha value is -2.24. The second kappa shape index (κ2) is 6.98. The molecule has 144 valence electrons. The van der Waals surface area contributed by atoms with Crippen LogP contribution in [0.2, 0.25) is 0 Å². The van der Waals surface area contributed by atoms with E-state index < -0.39 is 0 Å². The van der Waals surface area contributed by atoms with Crippen molar-refractivity contribution in [3.05, 3.63) is 76.5 Å². The third kappa shape index (κ3) is 2.85. The van der Waals surface area contributed by atoms with E-state index in [-0.39, 0.29) is 0 Å². The zero-order valence-electron chi connectivity index (χ0n) is 17.1. The molecule has 1 heteroatoms. The van der Waals surface area contributed by atoms with Gasteiger partial charge in [-0.3, -0.25) is 0 Å². The summed E-state index contributed by atoms with van der Waals surface area (Å²) in [6.07, 6.45) is 9.93. The molecule has 0 heterocycles. The maximum absolute atomic E-state index is 5.46. The van der Waals surface area contributed by atoms with Gasteiger partial charge in [-0.1, -0.05) is 43.3 Å². The summed E-state index contributed by atoms with van der Waals surface area (Å²) in [5, 5.41) is 0. The molecule has 28 heavy (non-hydrogen) atoms. The van der Waals surface area contributed by atoms with Crippen LogP contribution in [0.4, 0.5) is 0 Å². The fourth-order valence-electron chi connectivity index (χ4n) is 6.46. The minimum atomic E-state index is 0.344. The van der Waals surface area contributed by atoms with Crippen molar-refractivity contribution in [2.75, 3.05) is 7.11 Å². The molecule has 4 unspecified atom stereocenters. The van der Waals surface area contributed by atoms with Gasteiger partial charge in [0.1, 0.15) is 5.75 Å². The molecule has 0 amide bonds. The average molecular weight is 371 g/mol. The van der Waals surface area contributed by atoms with Crippen molar-refractivity contribution in [2.45, 2.75) is 51.4 Å². The maximum atomic E-state index is 5.46. The van der Waals surface area contributed by atoms with Crippen LogP contribution in [-0.4, -0.2) is 7.11 Å². The average Bonchev–Trinajstić information content (AvgIpc) is 3.08. The van der Waals surface area contributed by atoms with E-state index >= 15 is 0 Å². The highest BCUT2D eigenvalue weighted by Gasteiger charge is 2.52. The SMILES string of the molecule is COc1ccc2c(c1)CCC1C2CCC2(C)C(=C=Cc3ccccc3)CCC12. The molecule has 0 radical (unpaired) electrons. The molecule has 0 N–H and O–H groups in total. The summed E-state index contributed by atoms with van der Waals surface area (Å²) in [7, 11) is 1.77. The van der Waals surface area contributed by atoms with E-state index in [1.165, 1.54) is 49.7 Å². The summed E-state index contributed by atoms with van der Waals surface area (Å²) in [4.78, 5) is 0. The molecule has 2 aromatic rings. The first kappa shape index (κ1) is 17.8. The highest BCUT2D eigenvalue weighted by Crippen LogP contribution is 2.62. The Bertz CT molecular complexity index is 934. The van der Waals surface area contributed by atoms with Crippen LogP contribution < -0.4 is 4.74 Å². The first-order valence-electron chi connectivity index (χ1n) is 10.9. The van der Waals surface area contributed by atoms with Gasteiger partial charge in [-0.15, -0.1) is 5.73 Å². The Morgan fingerprint density at radius 3 is 2.71 bits per heavy atom. The normalized spacial score (nSPS) is 30.6. The fraction of sp³-hybridized carbons (Fsp3) is 0.444. The van der Waals surface area contributed by atoms with Gasteiger partial charge in [0.05, 0.1) is 7.11 Å². The molecule has 0 aliphatic heterocycles. The lowest BCUT2D eigenvalue weighted by Crippen LogP contribution is -2.40. The third-order valence-corrected chi connectivity index (χ3v) is 7.93. The molecule has 0 saturated heterocycles. The standard InChI is InChI=1S/C27H30O/c1-27-17-16-24-23-14-12-22(28-2)18-20(23)9-13-25(24)26(27)15-11-21(27)10-8-19-6-4-3-5-7-19/h3-8,12,14,18,24-26H,9,11,13,15-17H2,1-2H3. The van der Waals surface area contributed by atoms with E-state index in [1.54, 1.807) is 18.2 Å². The maximum Gasteiger partial charge on any atom is 0.119 e. The van der Waals surface area contributed by atoms with Gasteiger partial charge in [0, 0.05) is 0 Å². The molecule has 0 spiro atoms. The number of fused-ring (bicyclic) bond motifs is 5. The van der Waals surface area contributed by atoms with Crippen LogP contribution in [0.15, 0.2) is 59.8 Å². The lowest BCUT2D eigenvalue weighted by molar-refractivity contribution is 0.0815. The molecule has 0 aromatic heterocycles. The Labute approximate surface area is 169 Å². The predicted molar refractivity (Wildman–Crippen MR) is 116 cm³/mol. The lowest BCUT2D eigenvalue weighted by Gasteiger charge is -2.49. The molecule has 1 nitrogen and oxygen atoms in total. The van der Waals surface area contributed by atoms with Gasteiger partial charge in [0.2, 0.25) is 0 Å². The molecular formula is C27H30O. The molecule has 3 aliphatic rings. The van der Waals surface area contributed by atoms with Crippen LogP contribution in [0.25, 0.3) is 6.08 Å². The van der Waals surface area contributed by atoms with Crippen molar-refractivity contribution >= 4 is 6.08 Å². The van der Waals surface area contributed by atoms with E-state index in [0.717, 1.165) is 23.5 Å². The highest BCUT2D eigenvalue weighted by molar-refractivity contribution is 5.50. The largest absolute Gasteiger partial charge is 0.497 e. The summed E-state index contributed by atoms with van der Waals surface area (Å²) in [6.45, 7) is 2.53. The highest BCUT2D eigenvalue weighted by atomic mass is 16.5. The van der Waals surface area contributed by atoms with Crippen LogP contribution in [0.1, 0.15) is 61.6 Å². The number of methoxy groups -OCH3 is 1. The summed E-state index contributed by atoms with van der Waals surface area (Å²) < 4.78 is 5.46. The number of ether oxygens (including phenoxy) is 1. The van der Waals surface area contributed by atoms with Gasteiger partial charge in [0.25, 0.3) is 0 Å². The quantitative estimate of drug-likeness (QED) is 0.529. The Kier molecular flexibility index (Phi) is 4.44. The minimum Gasteiger partial charge on any atom is -0.497 e. The molecular weight excluding hydrogens is 340 g/mol. The number of hydrogen-bond donors (Lipinski definition) is 0. The van der Waals surface area contributed by atoms with E-state index in [2.05, 4.69) is 67.3 Å². The van der Waals surface area contributed by atoms with Crippen molar-refractivity contribution in [1.82, 2.24) is 0 Å². The number of aryl methyl sites for hydroxylation is 1. The van der Waals surface area contributed by atoms with Gasteiger partial charge >= 0.3 is 0 Å². The molecule has 3 aliphatic carbocycles.